The van der Waals surface area contributed by atoms with Gasteiger partial charge >= 0.3 is 0 Å². The Hall–Kier alpha value is -1.86. The lowest BCUT2D eigenvalue weighted by Crippen LogP contribution is -2.32. The monoisotopic (exact) mass is 367 g/mol. The van der Waals surface area contributed by atoms with Gasteiger partial charge in [0.25, 0.3) is 11.5 Å². The highest BCUT2D eigenvalue weighted by Gasteiger charge is 2.22. The maximum atomic E-state index is 12.5. The van der Waals surface area contributed by atoms with Gasteiger partial charge in [0.15, 0.2) is 0 Å². The predicted octanol–water partition coefficient (Wildman–Crippen LogP) is 1.69. The fourth-order valence-electron chi connectivity index (χ4n) is 3.03. The summed E-state index contributed by atoms with van der Waals surface area (Å²) < 4.78 is 1.71. The number of rotatable bonds is 3. The van der Waals surface area contributed by atoms with Crippen LogP contribution >= 0.6 is 12.4 Å². The van der Waals surface area contributed by atoms with Gasteiger partial charge in [0.1, 0.15) is 11.2 Å². The number of H-pyrrole nitrogens is 1. The van der Waals surface area contributed by atoms with Crippen LogP contribution in [0.4, 0.5) is 0 Å². The molecule has 8 heteroatoms. The molecular formula is C17H26ClN5O2. The molecule has 1 fully saturated rings. The zero-order valence-electron chi connectivity index (χ0n) is 14.9. The van der Waals surface area contributed by atoms with Crippen LogP contribution in [0.25, 0.3) is 5.65 Å². The summed E-state index contributed by atoms with van der Waals surface area (Å²) in [4.78, 5) is 27.3. The van der Waals surface area contributed by atoms with Crippen molar-refractivity contribution >= 4 is 24.0 Å². The van der Waals surface area contributed by atoms with Crippen molar-refractivity contribution in [3.8, 4) is 0 Å². The van der Waals surface area contributed by atoms with Crippen LogP contribution in [0.1, 0.15) is 55.6 Å². The van der Waals surface area contributed by atoms with Gasteiger partial charge in [-0.3, -0.25) is 9.59 Å². The summed E-state index contributed by atoms with van der Waals surface area (Å²) in [6.07, 6.45) is 3.46. The molecule has 1 aliphatic rings. The van der Waals surface area contributed by atoms with Crippen molar-refractivity contribution in [2.75, 3.05) is 19.6 Å². The number of piperidine rings is 1. The Morgan fingerprint density at radius 1 is 1.36 bits per heavy atom. The molecule has 138 valence electrons. The maximum absolute atomic E-state index is 12.5. The third-order valence-corrected chi connectivity index (χ3v) is 4.32. The molecule has 1 saturated heterocycles. The van der Waals surface area contributed by atoms with Crippen LogP contribution in [-0.2, 0) is 0 Å². The van der Waals surface area contributed by atoms with Gasteiger partial charge in [-0.25, -0.2) is 4.52 Å². The van der Waals surface area contributed by atoms with Gasteiger partial charge < -0.3 is 15.6 Å². The Labute approximate surface area is 153 Å². The van der Waals surface area contributed by atoms with Crippen molar-refractivity contribution < 1.29 is 4.79 Å². The summed E-state index contributed by atoms with van der Waals surface area (Å²) in [5.41, 5.74) is 1.56. The Kier molecular flexibility index (Phi) is 5.90. The van der Waals surface area contributed by atoms with Gasteiger partial charge in [-0.1, -0.05) is 20.8 Å². The first-order valence-electron chi connectivity index (χ1n) is 8.45. The van der Waals surface area contributed by atoms with E-state index >= 15 is 0 Å². The summed E-state index contributed by atoms with van der Waals surface area (Å²) in [7, 11) is 0. The van der Waals surface area contributed by atoms with Gasteiger partial charge in [-0.15, -0.1) is 12.4 Å². The average Bonchev–Trinajstić information content (AvgIpc) is 2.95. The number of nitrogens with zero attached hydrogens (tertiary/aromatic N) is 2. The summed E-state index contributed by atoms with van der Waals surface area (Å²) in [5, 5.41) is 10.6. The largest absolute Gasteiger partial charge is 0.351 e. The van der Waals surface area contributed by atoms with Gasteiger partial charge in [0.05, 0.1) is 11.9 Å². The second-order valence-corrected chi connectivity index (χ2v) is 7.64. The molecule has 3 rings (SSSR count). The van der Waals surface area contributed by atoms with Crippen molar-refractivity contribution in [2.24, 2.45) is 5.41 Å². The van der Waals surface area contributed by atoms with E-state index in [2.05, 4.69) is 41.5 Å². The van der Waals surface area contributed by atoms with Crippen LogP contribution in [-0.4, -0.2) is 40.1 Å². The molecule has 0 saturated carbocycles. The van der Waals surface area contributed by atoms with Crippen molar-refractivity contribution in [3.63, 3.8) is 0 Å². The summed E-state index contributed by atoms with van der Waals surface area (Å²) >= 11 is 0. The average molecular weight is 368 g/mol. The Morgan fingerprint density at radius 2 is 2.04 bits per heavy atom. The van der Waals surface area contributed by atoms with Crippen LogP contribution in [0.2, 0.25) is 0 Å². The number of aromatic nitrogens is 3. The molecule has 0 aromatic carbocycles. The lowest BCUT2D eigenvalue weighted by Gasteiger charge is -2.23. The molecule has 3 N–H and O–H groups in total. The number of aromatic amines is 1. The predicted molar refractivity (Wildman–Crippen MR) is 99.7 cm³/mol. The van der Waals surface area contributed by atoms with E-state index in [-0.39, 0.29) is 35.2 Å². The van der Waals surface area contributed by atoms with E-state index < -0.39 is 0 Å². The lowest BCUT2D eigenvalue weighted by atomic mass is 9.94. The van der Waals surface area contributed by atoms with Crippen LogP contribution in [0, 0.1) is 5.41 Å². The molecule has 1 aliphatic heterocycles. The van der Waals surface area contributed by atoms with Crippen LogP contribution < -0.4 is 16.2 Å². The van der Waals surface area contributed by atoms with Gasteiger partial charge in [0, 0.05) is 18.5 Å². The number of carbonyl (C=O) groups excluding carboxylic acids is 1. The molecule has 3 heterocycles. The Morgan fingerprint density at radius 3 is 2.68 bits per heavy atom. The summed E-state index contributed by atoms with van der Waals surface area (Å²) in [6, 6.07) is 1.60. The summed E-state index contributed by atoms with van der Waals surface area (Å²) in [6.45, 7) is 8.58. The first-order chi connectivity index (χ1) is 11.3. The summed E-state index contributed by atoms with van der Waals surface area (Å²) in [5.74, 6) is 0.0690. The number of halogens is 1. The minimum atomic E-state index is -0.210. The van der Waals surface area contributed by atoms with Crippen molar-refractivity contribution in [2.45, 2.75) is 39.5 Å². The first-order valence-corrected chi connectivity index (χ1v) is 8.45. The minimum absolute atomic E-state index is 0. The second kappa shape index (κ2) is 7.58. The highest BCUT2D eigenvalue weighted by Crippen LogP contribution is 2.24. The zero-order valence-corrected chi connectivity index (χ0v) is 15.7. The SMILES string of the molecule is CC(C)(C)CNC(=O)c1cnn2c(C3CCNCC3)cc(=O)[nH]c12.Cl. The molecule has 0 bridgehead atoms. The van der Waals surface area contributed by atoms with E-state index in [0.717, 1.165) is 31.6 Å². The van der Waals surface area contributed by atoms with Crippen LogP contribution in [0.3, 0.4) is 0 Å². The van der Waals surface area contributed by atoms with Crippen molar-refractivity contribution in [1.82, 2.24) is 25.2 Å². The lowest BCUT2D eigenvalue weighted by molar-refractivity contribution is 0.0940. The van der Waals surface area contributed by atoms with Gasteiger partial charge in [-0.05, 0) is 31.3 Å². The number of carbonyl (C=O) groups is 1. The molecule has 0 radical (unpaired) electrons. The molecule has 25 heavy (non-hydrogen) atoms. The van der Waals surface area contributed by atoms with E-state index in [1.165, 1.54) is 6.20 Å². The standard InChI is InChI=1S/C17H25N5O2.ClH/c1-17(2,3)10-19-16(24)12-9-20-22-13(8-14(23)21-15(12)22)11-4-6-18-7-5-11;/h8-9,11,18H,4-7,10H2,1-3H3,(H,19,24)(H,21,23);1H. The molecule has 0 spiro atoms. The third-order valence-electron chi connectivity index (χ3n) is 4.32. The Bertz CT molecular complexity index is 799. The van der Waals surface area contributed by atoms with Crippen molar-refractivity contribution in [3.05, 3.63) is 33.9 Å². The fraction of sp³-hybridized carbons (Fsp3) is 0.588. The molecule has 1 amide bonds. The van der Waals surface area contributed by atoms with Crippen LogP contribution in [0.15, 0.2) is 17.1 Å². The van der Waals surface area contributed by atoms with E-state index in [9.17, 15) is 9.59 Å². The number of amides is 1. The molecule has 7 nitrogen and oxygen atoms in total. The zero-order chi connectivity index (χ0) is 17.3. The topological polar surface area (TPSA) is 91.3 Å². The molecule has 2 aromatic heterocycles. The van der Waals surface area contributed by atoms with E-state index in [1.807, 2.05) is 0 Å². The van der Waals surface area contributed by atoms with Crippen LogP contribution in [0.5, 0.6) is 0 Å². The molecule has 2 aromatic rings. The normalized spacial score (nSPS) is 15.8. The first kappa shape index (κ1) is 19.5. The van der Waals surface area contributed by atoms with Gasteiger partial charge in [0.2, 0.25) is 0 Å². The fourth-order valence-corrected chi connectivity index (χ4v) is 3.03. The highest BCUT2D eigenvalue weighted by molar-refractivity contribution is 5.99. The maximum Gasteiger partial charge on any atom is 0.256 e. The Balaban J connectivity index is 0.00000225. The van der Waals surface area contributed by atoms with Crippen molar-refractivity contribution in [1.29, 1.82) is 0 Å². The quantitative estimate of drug-likeness (QED) is 0.769. The number of hydrogen-bond donors (Lipinski definition) is 3. The smallest absolute Gasteiger partial charge is 0.256 e. The third kappa shape index (κ3) is 4.41. The number of nitrogens with one attached hydrogen (secondary N) is 3. The second-order valence-electron chi connectivity index (χ2n) is 7.64. The van der Waals surface area contributed by atoms with E-state index in [0.29, 0.717) is 17.8 Å². The van der Waals surface area contributed by atoms with Gasteiger partial charge in [-0.2, -0.15) is 5.10 Å². The molecule has 0 unspecified atom stereocenters. The molecule has 0 atom stereocenters. The molecular weight excluding hydrogens is 342 g/mol. The minimum Gasteiger partial charge on any atom is -0.351 e. The molecule has 0 aliphatic carbocycles. The highest BCUT2D eigenvalue weighted by atomic mass is 35.5. The number of hydrogen-bond acceptors (Lipinski definition) is 4. The number of fused-ring (bicyclic) bond motifs is 1. The van der Waals surface area contributed by atoms with E-state index in [4.69, 9.17) is 0 Å². The van der Waals surface area contributed by atoms with E-state index in [1.54, 1.807) is 10.6 Å².